The molecule has 0 fully saturated rings. The molecule has 0 atom stereocenters. The molecule has 0 saturated carbocycles. The third-order valence-electron chi connectivity index (χ3n) is 4.41. The molecule has 4 aromatic rings. The summed E-state index contributed by atoms with van der Waals surface area (Å²) in [5.74, 6) is 0.388. The van der Waals surface area contributed by atoms with Gasteiger partial charge in [0.25, 0.3) is 11.2 Å². The van der Waals surface area contributed by atoms with Crippen LogP contribution in [0.3, 0.4) is 0 Å². The predicted octanol–water partition coefficient (Wildman–Crippen LogP) is 3.77. The largest absolute Gasteiger partial charge is 0.419 e. The third-order valence-corrected chi connectivity index (χ3v) is 4.41. The summed E-state index contributed by atoms with van der Waals surface area (Å²) < 4.78 is 8.77. The molecule has 0 saturated heterocycles. The SMILES string of the molecule is CC(C)n1nc(-c2cc(Oc3ccc([N+](=O)[O-])cn3)nn2-c2ccccc2)ccc1=O. The summed E-state index contributed by atoms with van der Waals surface area (Å²) in [5.41, 5.74) is 1.58. The lowest BCUT2D eigenvalue weighted by Gasteiger charge is -2.11. The predicted molar refractivity (Wildman–Crippen MR) is 112 cm³/mol. The molecule has 1 aromatic carbocycles. The zero-order valence-electron chi connectivity index (χ0n) is 16.7. The summed E-state index contributed by atoms with van der Waals surface area (Å²) in [6.45, 7) is 3.75. The first-order chi connectivity index (χ1) is 14.9. The molecule has 0 radical (unpaired) electrons. The van der Waals surface area contributed by atoms with Gasteiger partial charge in [0.15, 0.2) is 0 Å². The van der Waals surface area contributed by atoms with E-state index in [0.29, 0.717) is 11.4 Å². The zero-order valence-corrected chi connectivity index (χ0v) is 16.7. The molecular formula is C21H18N6O4. The van der Waals surface area contributed by atoms with E-state index in [-0.39, 0.29) is 29.0 Å². The van der Waals surface area contributed by atoms with Gasteiger partial charge in [-0.15, -0.1) is 5.10 Å². The van der Waals surface area contributed by atoms with Gasteiger partial charge in [0.2, 0.25) is 11.8 Å². The van der Waals surface area contributed by atoms with E-state index < -0.39 is 4.92 Å². The Morgan fingerprint density at radius 2 is 1.77 bits per heavy atom. The lowest BCUT2D eigenvalue weighted by Crippen LogP contribution is -2.24. The number of pyridine rings is 1. The number of hydrogen-bond donors (Lipinski definition) is 0. The molecule has 0 unspecified atom stereocenters. The average molecular weight is 418 g/mol. The minimum absolute atomic E-state index is 0.111. The van der Waals surface area contributed by atoms with E-state index in [1.54, 1.807) is 16.8 Å². The van der Waals surface area contributed by atoms with Gasteiger partial charge in [-0.1, -0.05) is 18.2 Å². The second-order valence-corrected chi connectivity index (χ2v) is 6.92. The Morgan fingerprint density at radius 3 is 2.42 bits per heavy atom. The Morgan fingerprint density at radius 1 is 1.00 bits per heavy atom. The van der Waals surface area contributed by atoms with Crippen LogP contribution in [0.2, 0.25) is 0 Å². The van der Waals surface area contributed by atoms with Gasteiger partial charge in [-0.05, 0) is 32.0 Å². The lowest BCUT2D eigenvalue weighted by atomic mass is 10.2. The monoisotopic (exact) mass is 418 g/mol. The number of ether oxygens (including phenoxy) is 1. The summed E-state index contributed by atoms with van der Waals surface area (Å²) in [5, 5.41) is 19.8. The highest BCUT2D eigenvalue weighted by Gasteiger charge is 2.17. The molecule has 0 bridgehead atoms. The minimum Gasteiger partial charge on any atom is -0.419 e. The number of nitro groups is 1. The normalized spacial score (nSPS) is 10.9. The van der Waals surface area contributed by atoms with Crippen molar-refractivity contribution in [2.45, 2.75) is 19.9 Å². The van der Waals surface area contributed by atoms with Crippen molar-refractivity contribution in [3.05, 3.63) is 87.3 Å². The van der Waals surface area contributed by atoms with Crippen molar-refractivity contribution < 1.29 is 9.66 Å². The van der Waals surface area contributed by atoms with Crippen molar-refractivity contribution in [2.75, 3.05) is 0 Å². The number of para-hydroxylation sites is 1. The van der Waals surface area contributed by atoms with E-state index in [4.69, 9.17) is 4.74 Å². The van der Waals surface area contributed by atoms with Gasteiger partial charge < -0.3 is 4.74 Å². The summed E-state index contributed by atoms with van der Waals surface area (Å²) in [6, 6.07) is 16.8. The Kier molecular flexibility index (Phi) is 5.27. The topological polar surface area (TPSA) is 118 Å². The van der Waals surface area contributed by atoms with Crippen LogP contribution in [0.25, 0.3) is 17.1 Å². The van der Waals surface area contributed by atoms with Crippen molar-refractivity contribution in [3.8, 4) is 28.8 Å². The van der Waals surface area contributed by atoms with E-state index >= 15 is 0 Å². The van der Waals surface area contributed by atoms with Gasteiger partial charge in [0, 0.05) is 24.3 Å². The minimum atomic E-state index is -0.533. The highest BCUT2D eigenvalue weighted by atomic mass is 16.6. The number of benzene rings is 1. The Bertz CT molecular complexity index is 1280. The molecule has 10 nitrogen and oxygen atoms in total. The summed E-state index contributed by atoms with van der Waals surface area (Å²) in [6.07, 6.45) is 1.12. The fourth-order valence-corrected chi connectivity index (χ4v) is 2.94. The fourth-order valence-electron chi connectivity index (χ4n) is 2.94. The van der Waals surface area contributed by atoms with Crippen LogP contribution in [0.4, 0.5) is 5.69 Å². The smallest absolute Gasteiger partial charge is 0.287 e. The summed E-state index contributed by atoms with van der Waals surface area (Å²) in [4.78, 5) is 26.3. The number of hydrogen-bond acceptors (Lipinski definition) is 7. The van der Waals surface area contributed by atoms with Crippen LogP contribution in [0, 0.1) is 10.1 Å². The molecule has 0 aliphatic rings. The van der Waals surface area contributed by atoms with E-state index in [1.807, 2.05) is 44.2 Å². The van der Waals surface area contributed by atoms with E-state index in [9.17, 15) is 14.9 Å². The van der Waals surface area contributed by atoms with Crippen molar-refractivity contribution in [1.82, 2.24) is 24.5 Å². The summed E-state index contributed by atoms with van der Waals surface area (Å²) >= 11 is 0. The van der Waals surface area contributed by atoms with Crippen LogP contribution in [-0.4, -0.2) is 29.5 Å². The van der Waals surface area contributed by atoms with Crippen LogP contribution in [-0.2, 0) is 0 Å². The van der Waals surface area contributed by atoms with Gasteiger partial charge in [-0.3, -0.25) is 14.9 Å². The van der Waals surface area contributed by atoms with Gasteiger partial charge >= 0.3 is 0 Å². The first-order valence-electron chi connectivity index (χ1n) is 9.46. The van der Waals surface area contributed by atoms with Crippen molar-refractivity contribution in [1.29, 1.82) is 0 Å². The molecular weight excluding hydrogens is 400 g/mol. The van der Waals surface area contributed by atoms with Crippen LogP contribution >= 0.6 is 0 Å². The van der Waals surface area contributed by atoms with Crippen LogP contribution in [0.15, 0.2) is 71.7 Å². The Hall–Kier alpha value is -4.34. The second-order valence-electron chi connectivity index (χ2n) is 6.92. The van der Waals surface area contributed by atoms with E-state index in [1.165, 1.54) is 22.9 Å². The molecule has 4 rings (SSSR count). The Labute approximate surface area is 176 Å². The number of nitrogens with zero attached hydrogens (tertiary/aromatic N) is 6. The van der Waals surface area contributed by atoms with Crippen LogP contribution < -0.4 is 10.3 Å². The van der Waals surface area contributed by atoms with E-state index in [0.717, 1.165) is 11.9 Å². The standard InChI is InChI=1S/C21H18N6O4/c1-14(2)25-21(28)11-9-17(23-25)18-12-20(24-26(18)15-6-4-3-5-7-15)31-19-10-8-16(13-22-19)27(29)30/h3-14H,1-2H3. The molecule has 0 amide bonds. The number of aromatic nitrogens is 5. The molecule has 3 heterocycles. The molecule has 156 valence electrons. The first kappa shape index (κ1) is 20.0. The summed E-state index contributed by atoms with van der Waals surface area (Å²) in [7, 11) is 0. The molecule has 3 aromatic heterocycles. The average Bonchev–Trinajstić information content (AvgIpc) is 3.18. The van der Waals surface area contributed by atoms with Gasteiger partial charge in [0.05, 0.1) is 22.3 Å². The first-order valence-corrected chi connectivity index (χ1v) is 9.46. The van der Waals surface area contributed by atoms with Crippen LogP contribution in [0.1, 0.15) is 19.9 Å². The van der Waals surface area contributed by atoms with E-state index in [2.05, 4.69) is 15.2 Å². The zero-order chi connectivity index (χ0) is 22.0. The number of rotatable bonds is 6. The van der Waals surface area contributed by atoms with Gasteiger partial charge in [0.1, 0.15) is 11.9 Å². The van der Waals surface area contributed by atoms with Crippen molar-refractivity contribution in [2.24, 2.45) is 0 Å². The molecule has 0 aliphatic carbocycles. The van der Waals surface area contributed by atoms with Gasteiger partial charge in [-0.2, -0.15) is 5.10 Å². The van der Waals surface area contributed by atoms with Gasteiger partial charge in [-0.25, -0.2) is 14.3 Å². The molecule has 0 aliphatic heterocycles. The maximum Gasteiger partial charge on any atom is 0.287 e. The Balaban J connectivity index is 1.77. The maximum atomic E-state index is 12.1. The quantitative estimate of drug-likeness (QED) is 0.345. The maximum absolute atomic E-state index is 12.1. The highest BCUT2D eigenvalue weighted by molar-refractivity contribution is 5.59. The molecule has 31 heavy (non-hydrogen) atoms. The van der Waals surface area contributed by atoms with Crippen LogP contribution in [0.5, 0.6) is 11.8 Å². The van der Waals surface area contributed by atoms with Crippen molar-refractivity contribution >= 4 is 5.69 Å². The second kappa shape index (κ2) is 8.19. The molecule has 10 heteroatoms. The lowest BCUT2D eigenvalue weighted by molar-refractivity contribution is -0.385. The molecule has 0 N–H and O–H groups in total. The fraction of sp³-hybridized carbons (Fsp3) is 0.143. The molecule has 0 spiro atoms. The third kappa shape index (κ3) is 4.17. The highest BCUT2D eigenvalue weighted by Crippen LogP contribution is 2.28. The van der Waals surface area contributed by atoms with Crippen molar-refractivity contribution in [3.63, 3.8) is 0 Å².